The summed E-state index contributed by atoms with van der Waals surface area (Å²) in [6.45, 7) is -0.0972. The molecule has 0 spiro atoms. The third-order valence-corrected chi connectivity index (χ3v) is 1.15. The zero-order valence-corrected chi connectivity index (χ0v) is 5.92. The van der Waals surface area contributed by atoms with Gasteiger partial charge in [-0.15, -0.1) is 0 Å². The quantitative estimate of drug-likeness (QED) is 0.616. The lowest BCUT2D eigenvalue weighted by molar-refractivity contribution is -0.153. The summed E-state index contributed by atoms with van der Waals surface area (Å²) in [5, 5.41) is 4.60. The molecule has 0 saturated carbocycles. The van der Waals surface area contributed by atoms with E-state index in [0.29, 0.717) is 0 Å². The number of rotatable bonds is 3. The molecule has 0 aliphatic heterocycles. The molecule has 0 aromatic carbocycles. The molecular formula is C5H11F3N2. The van der Waals surface area contributed by atoms with Crippen molar-refractivity contribution in [2.45, 2.75) is 12.2 Å². The number of likely N-dealkylation sites (N-methyl/N-ethyl adjacent to an activating group) is 2. The SMILES string of the molecule is CNCC(NC)C(F)(F)F. The number of alkyl halides is 3. The van der Waals surface area contributed by atoms with Crippen LogP contribution in [0.3, 0.4) is 0 Å². The maximum Gasteiger partial charge on any atom is 0.405 e. The van der Waals surface area contributed by atoms with Crippen LogP contribution in [-0.2, 0) is 0 Å². The molecule has 5 heteroatoms. The van der Waals surface area contributed by atoms with Crippen LogP contribution in [0.5, 0.6) is 0 Å². The van der Waals surface area contributed by atoms with Crippen LogP contribution in [0, 0.1) is 0 Å². The van der Waals surface area contributed by atoms with Crippen LogP contribution >= 0.6 is 0 Å². The zero-order chi connectivity index (χ0) is 8.20. The van der Waals surface area contributed by atoms with Gasteiger partial charge in [0.25, 0.3) is 0 Å². The average Bonchev–Trinajstić information content (AvgIpc) is 1.80. The van der Waals surface area contributed by atoms with Crippen molar-refractivity contribution in [3.63, 3.8) is 0 Å². The Morgan fingerprint density at radius 3 is 1.90 bits per heavy atom. The van der Waals surface area contributed by atoms with E-state index in [2.05, 4.69) is 10.6 Å². The van der Waals surface area contributed by atoms with Gasteiger partial charge in [-0.25, -0.2) is 0 Å². The molecule has 0 amide bonds. The van der Waals surface area contributed by atoms with Crippen LogP contribution in [0.4, 0.5) is 13.2 Å². The van der Waals surface area contributed by atoms with Crippen molar-refractivity contribution in [3.05, 3.63) is 0 Å². The summed E-state index contributed by atoms with van der Waals surface area (Å²) >= 11 is 0. The van der Waals surface area contributed by atoms with Crippen molar-refractivity contribution >= 4 is 0 Å². The Kier molecular flexibility index (Phi) is 3.67. The van der Waals surface area contributed by atoms with Crippen LogP contribution < -0.4 is 10.6 Å². The van der Waals surface area contributed by atoms with Crippen molar-refractivity contribution < 1.29 is 13.2 Å². The first kappa shape index (κ1) is 9.71. The molecule has 2 N–H and O–H groups in total. The fourth-order valence-electron chi connectivity index (χ4n) is 0.586. The van der Waals surface area contributed by atoms with Gasteiger partial charge in [0.15, 0.2) is 0 Å². The highest BCUT2D eigenvalue weighted by Crippen LogP contribution is 2.18. The molecule has 0 saturated heterocycles. The minimum absolute atomic E-state index is 0.0972. The second-order valence-corrected chi connectivity index (χ2v) is 1.94. The normalized spacial score (nSPS) is 15.3. The van der Waals surface area contributed by atoms with Crippen LogP contribution in [-0.4, -0.2) is 32.9 Å². The van der Waals surface area contributed by atoms with E-state index in [-0.39, 0.29) is 6.54 Å². The molecule has 0 fully saturated rings. The summed E-state index contributed by atoms with van der Waals surface area (Å²) in [7, 11) is 2.77. The maximum absolute atomic E-state index is 11.8. The van der Waals surface area contributed by atoms with Gasteiger partial charge in [0.2, 0.25) is 0 Å². The van der Waals surface area contributed by atoms with E-state index in [1.54, 1.807) is 0 Å². The predicted molar refractivity (Wildman–Crippen MR) is 32.8 cm³/mol. The Labute approximate surface area is 57.8 Å². The monoisotopic (exact) mass is 156 g/mol. The molecule has 0 rings (SSSR count). The molecule has 0 bridgehead atoms. The summed E-state index contributed by atoms with van der Waals surface area (Å²) in [6, 6.07) is -1.45. The van der Waals surface area contributed by atoms with Gasteiger partial charge < -0.3 is 10.6 Å². The number of hydrogen-bond donors (Lipinski definition) is 2. The summed E-state index contributed by atoms with van der Waals surface area (Å²) in [6.07, 6.45) is -4.15. The van der Waals surface area contributed by atoms with E-state index < -0.39 is 12.2 Å². The van der Waals surface area contributed by atoms with Gasteiger partial charge in [0, 0.05) is 6.54 Å². The fraction of sp³-hybridized carbons (Fsp3) is 1.00. The zero-order valence-electron chi connectivity index (χ0n) is 5.92. The van der Waals surface area contributed by atoms with Gasteiger partial charge in [-0.2, -0.15) is 13.2 Å². The second-order valence-electron chi connectivity index (χ2n) is 1.94. The topological polar surface area (TPSA) is 24.1 Å². The fourth-order valence-corrected chi connectivity index (χ4v) is 0.586. The second kappa shape index (κ2) is 3.78. The average molecular weight is 156 g/mol. The lowest BCUT2D eigenvalue weighted by Gasteiger charge is -2.18. The lowest BCUT2D eigenvalue weighted by Crippen LogP contribution is -2.46. The van der Waals surface area contributed by atoms with Gasteiger partial charge in [-0.05, 0) is 14.1 Å². The van der Waals surface area contributed by atoms with E-state index in [9.17, 15) is 13.2 Å². The molecule has 1 atom stereocenters. The van der Waals surface area contributed by atoms with Crippen LogP contribution in [0.2, 0.25) is 0 Å². The van der Waals surface area contributed by atoms with Crippen LogP contribution in [0.25, 0.3) is 0 Å². The molecule has 0 aliphatic carbocycles. The smallest absolute Gasteiger partial charge is 0.318 e. The molecular weight excluding hydrogens is 145 g/mol. The first-order chi connectivity index (χ1) is 4.52. The van der Waals surface area contributed by atoms with Crippen molar-refractivity contribution in [2.75, 3.05) is 20.6 Å². The Bertz CT molecular complexity index is 91.4. The summed E-state index contributed by atoms with van der Waals surface area (Å²) in [5.74, 6) is 0. The molecule has 0 radical (unpaired) electrons. The van der Waals surface area contributed by atoms with Crippen molar-refractivity contribution in [2.24, 2.45) is 0 Å². The summed E-state index contributed by atoms with van der Waals surface area (Å²) < 4.78 is 35.4. The molecule has 0 aliphatic rings. The van der Waals surface area contributed by atoms with Crippen molar-refractivity contribution in [3.8, 4) is 0 Å². The highest BCUT2D eigenvalue weighted by Gasteiger charge is 2.37. The molecule has 0 aromatic rings. The van der Waals surface area contributed by atoms with Gasteiger partial charge >= 0.3 is 6.18 Å². The molecule has 10 heavy (non-hydrogen) atoms. The molecule has 1 unspecified atom stereocenters. The van der Waals surface area contributed by atoms with Gasteiger partial charge in [-0.1, -0.05) is 0 Å². The Balaban J connectivity index is 3.81. The summed E-state index contributed by atoms with van der Waals surface area (Å²) in [5.41, 5.74) is 0. The predicted octanol–water partition coefficient (Wildman–Crippen LogP) is 0.356. The van der Waals surface area contributed by atoms with Crippen LogP contribution in [0.15, 0.2) is 0 Å². The van der Waals surface area contributed by atoms with E-state index in [1.807, 2.05) is 0 Å². The third kappa shape index (κ3) is 3.03. The first-order valence-electron chi connectivity index (χ1n) is 2.91. The third-order valence-electron chi connectivity index (χ3n) is 1.15. The van der Waals surface area contributed by atoms with Crippen molar-refractivity contribution in [1.82, 2.24) is 10.6 Å². The van der Waals surface area contributed by atoms with E-state index >= 15 is 0 Å². The highest BCUT2D eigenvalue weighted by molar-refractivity contribution is 4.74. The Hall–Kier alpha value is -0.290. The number of hydrogen-bond acceptors (Lipinski definition) is 2. The molecule has 0 heterocycles. The standard InChI is InChI=1S/C5H11F3N2/c1-9-3-4(10-2)5(6,7)8/h4,9-10H,3H2,1-2H3. The largest absolute Gasteiger partial charge is 0.405 e. The Morgan fingerprint density at radius 2 is 1.80 bits per heavy atom. The maximum atomic E-state index is 11.8. The Morgan fingerprint density at radius 1 is 1.30 bits per heavy atom. The summed E-state index contributed by atoms with van der Waals surface area (Å²) in [4.78, 5) is 0. The van der Waals surface area contributed by atoms with Crippen LogP contribution in [0.1, 0.15) is 0 Å². The van der Waals surface area contributed by atoms with E-state index in [0.717, 1.165) is 0 Å². The van der Waals surface area contributed by atoms with Gasteiger partial charge in [0.1, 0.15) is 6.04 Å². The molecule has 0 aromatic heterocycles. The lowest BCUT2D eigenvalue weighted by atomic mass is 10.3. The van der Waals surface area contributed by atoms with Crippen molar-refractivity contribution in [1.29, 1.82) is 0 Å². The number of halogens is 3. The van der Waals surface area contributed by atoms with E-state index in [4.69, 9.17) is 0 Å². The van der Waals surface area contributed by atoms with E-state index in [1.165, 1.54) is 14.1 Å². The first-order valence-corrected chi connectivity index (χ1v) is 2.91. The van der Waals surface area contributed by atoms with Gasteiger partial charge in [-0.3, -0.25) is 0 Å². The molecule has 62 valence electrons. The number of nitrogens with one attached hydrogen (secondary N) is 2. The minimum Gasteiger partial charge on any atom is -0.318 e. The highest BCUT2D eigenvalue weighted by atomic mass is 19.4. The minimum atomic E-state index is -4.15. The molecule has 2 nitrogen and oxygen atoms in total. The van der Waals surface area contributed by atoms with Gasteiger partial charge in [0.05, 0.1) is 0 Å².